The summed E-state index contributed by atoms with van der Waals surface area (Å²) in [4.78, 5) is 18.4. The van der Waals surface area contributed by atoms with Crippen molar-refractivity contribution in [3.05, 3.63) is 23.0 Å². The van der Waals surface area contributed by atoms with Crippen molar-refractivity contribution in [2.45, 2.75) is 46.6 Å². The van der Waals surface area contributed by atoms with E-state index in [4.69, 9.17) is 4.74 Å². The Hall–Kier alpha value is -2.11. The van der Waals surface area contributed by atoms with E-state index in [-0.39, 0.29) is 12.1 Å². The van der Waals surface area contributed by atoms with Crippen molar-refractivity contribution in [2.24, 2.45) is 5.16 Å². The molecule has 1 aliphatic rings. The SMILES string of the molecule is CCOC(=O)N1c2c(cc(C)nc2C)/C(=N\O)CC1CC. The summed E-state index contributed by atoms with van der Waals surface area (Å²) in [6, 6.07) is 1.75. The molecule has 1 atom stereocenters. The van der Waals surface area contributed by atoms with Gasteiger partial charge in [0.05, 0.1) is 23.7 Å². The maximum Gasteiger partial charge on any atom is 0.414 e. The molecule has 21 heavy (non-hydrogen) atoms. The first-order valence-corrected chi connectivity index (χ1v) is 7.18. The van der Waals surface area contributed by atoms with E-state index in [1.54, 1.807) is 11.8 Å². The molecule has 2 rings (SSSR count). The Bertz CT molecular complexity index is 584. The van der Waals surface area contributed by atoms with Crippen LogP contribution in [0.2, 0.25) is 0 Å². The summed E-state index contributed by atoms with van der Waals surface area (Å²) in [6.45, 7) is 7.83. The summed E-state index contributed by atoms with van der Waals surface area (Å²) >= 11 is 0. The topological polar surface area (TPSA) is 75.0 Å². The molecule has 0 saturated heterocycles. The zero-order chi connectivity index (χ0) is 15.6. The van der Waals surface area contributed by atoms with Crippen LogP contribution in [-0.4, -0.2) is 34.6 Å². The largest absolute Gasteiger partial charge is 0.449 e. The third-order valence-corrected chi connectivity index (χ3v) is 3.70. The van der Waals surface area contributed by atoms with Gasteiger partial charge in [0, 0.05) is 23.7 Å². The Morgan fingerprint density at radius 3 is 2.81 bits per heavy atom. The number of hydrogen-bond donors (Lipinski definition) is 1. The highest BCUT2D eigenvalue weighted by atomic mass is 16.6. The van der Waals surface area contributed by atoms with Gasteiger partial charge in [0.15, 0.2) is 0 Å². The highest BCUT2D eigenvalue weighted by molar-refractivity contribution is 6.11. The number of anilines is 1. The predicted molar refractivity (Wildman–Crippen MR) is 80.2 cm³/mol. The van der Waals surface area contributed by atoms with Gasteiger partial charge in [-0.1, -0.05) is 12.1 Å². The molecule has 6 nitrogen and oxygen atoms in total. The molecule has 1 aromatic rings. The van der Waals surface area contributed by atoms with Gasteiger partial charge >= 0.3 is 6.09 Å². The second kappa shape index (κ2) is 6.11. The van der Waals surface area contributed by atoms with Crippen LogP contribution in [0, 0.1) is 13.8 Å². The van der Waals surface area contributed by atoms with Gasteiger partial charge in [0.1, 0.15) is 0 Å². The van der Waals surface area contributed by atoms with Gasteiger partial charge in [0.2, 0.25) is 0 Å². The molecular formula is C15H21N3O3. The molecule has 0 aliphatic carbocycles. The lowest BCUT2D eigenvalue weighted by atomic mass is 9.92. The van der Waals surface area contributed by atoms with Crippen LogP contribution in [0.1, 0.15) is 43.6 Å². The number of pyridine rings is 1. The zero-order valence-corrected chi connectivity index (χ0v) is 12.9. The molecule has 6 heteroatoms. The van der Waals surface area contributed by atoms with E-state index in [2.05, 4.69) is 10.1 Å². The number of rotatable bonds is 2. The molecule has 0 fully saturated rings. The van der Waals surface area contributed by atoms with Gasteiger partial charge in [-0.3, -0.25) is 9.88 Å². The van der Waals surface area contributed by atoms with Gasteiger partial charge in [-0.05, 0) is 33.3 Å². The summed E-state index contributed by atoms with van der Waals surface area (Å²) in [5.41, 5.74) is 3.58. The highest BCUT2D eigenvalue weighted by Crippen LogP contribution is 2.35. The Morgan fingerprint density at radius 1 is 1.52 bits per heavy atom. The quantitative estimate of drug-likeness (QED) is 0.671. The van der Waals surface area contributed by atoms with Gasteiger partial charge in [-0.15, -0.1) is 0 Å². The van der Waals surface area contributed by atoms with Crippen LogP contribution in [0.5, 0.6) is 0 Å². The average Bonchev–Trinajstić information content (AvgIpc) is 2.45. The van der Waals surface area contributed by atoms with E-state index in [1.807, 2.05) is 26.8 Å². The Labute approximate surface area is 124 Å². The molecule has 1 aromatic heterocycles. The second-order valence-corrected chi connectivity index (χ2v) is 5.13. The molecule has 0 saturated carbocycles. The molecule has 1 aliphatic heterocycles. The summed E-state index contributed by atoms with van der Waals surface area (Å²) in [7, 11) is 0. The fourth-order valence-corrected chi connectivity index (χ4v) is 2.81. The maximum atomic E-state index is 12.3. The minimum Gasteiger partial charge on any atom is -0.449 e. The van der Waals surface area contributed by atoms with E-state index < -0.39 is 0 Å². The van der Waals surface area contributed by atoms with Crippen molar-refractivity contribution in [3.63, 3.8) is 0 Å². The van der Waals surface area contributed by atoms with Crippen molar-refractivity contribution in [1.82, 2.24) is 4.98 Å². The molecule has 114 valence electrons. The van der Waals surface area contributed by atoms with Crippen LogP contribution in [-0.2, 0) is 4.74 Å². The summed E-state index contributed by atoms with van der Waals surface area (Å²) < 4.78 is 5.18. The molecule has 0 spiro atoms. The number of fused-ring (bicyclic) bond motifs is 1. The molecule has 0 bridgehead atoms. The van der Waals surface area contributed by atoms with Crippen molar-refractivity contribution in [2.75, 3.05) is 11.5 Å². The summed E-state index contributed by atoms with van der Waals surface area (Å²) in [6.07, 6.45) is 0.864. The third kappa shape index (κ3) is 2.70. The number of aromatic nitrogens is 1. The van der Waals surface area contributed by atoms with Crippen molar-refractivity contribution >= 4 is 17.5 Å². The highest BCUT2D eigenvalue weighted by Gasteiger charge is 2.36. The van der Waals surface area contributed by atoms with E-state index in [9.17, 15) is 10.0 Å². The average molecular weight is 291 g/mol. The molecule has 0 aromatic carbocycles. The standard InChI is InChI=1S/C15H21N3O3/c1-5-11-8-13(17-20)12-7-9(3)16-10(4)14(12)18(11)15(19)21-6-2/h7,11,20H,5-6,8H2,1-4H3/b17-13-. The lowest BCUT2D eigenvalue weighted by molar-refractivity contribution is 0.156. The van der Waals surface area contributed by atoms with Crippen LogP contribution in [0.15, 0.2) is 11.2 Å². The maximum absolute atomic E-state index is 12.3. The number of ether oxygens (including phenoxy) is 1. The number of carbonyl (C=O) groups excluding carboxylic acids is 1. The molecular weight excluding hydrogens is 270 g/mol. The monoisotopic (exact) mass is 291 g/mol. The number of hydrogen-bond acceptors (Lipinski definition) is 5. The van der Waals surface area contributed by atoms with E-state index in [1.165, 1.54) is 0 Å². The van der Waals surface area contributed by atoms with Crippen molar-refractivity contribution in [3.8, 4) is 0 Å². The van der Waals surface area contributed by atoms with Crippen LogP contribution < -0.4 is 4.90 Å². The molecule has 1 N–H and O–H groups in total. The van der Waals surface area contributed by atoms with E-state index in [0.717, 1.165) is 23.4 Å². The van der Waals surface area contributed by atoms with Crippen LogP contribution >= 0.6 is 0 Å². The third-order valence-electron chi connectivity index (χ3n) is 3.70. The van der Waals surface area contributed by atoms with Crippen LogP contribution in [0.4, 0.5) is 10.5 Å². The first-order valence-electron chi connectivity index (χ1n) is 7.18. The number of oxime groups is 1. The molecule has 0 radical (unpaired) electrons. The van der Waals surface area contributed by atoms with E-state index in [0.29, 0.717) is 24.4 Å². The Balaban J connectivity index is 2.63. The van der Waals surface area contributed by atoms with Gasteiger partial charge < -0.3 is 9.94 Å². The van der Waals surface area contributed by atoms with Gasteiger partial charge in [0.25, 0.3) is 0 Å². The lowest BCUT2D eigenvalue weighted by Gasteiger charge is -2.36. The first-order chi connectivity index (χ1) is 10.0. The minimum atomic E-state index is -0.378. The Morgan fingerprint density at radius 2 is 2.24 bits per heavy atom. The summed E-state index contributed by atoms with van der Waals surface area (Å²) in [5, 5.41) is 12.7. The number of aryl methyl sites for hydroxylation is 2. The Kier molecular flexibility index (Phi) is 4.45. The summed E-state index contributed by atoms with van der Waals surface area (Å²) in [5.74, 6) is 0. The van der Waals surface area contributed by atoms with Crippen LogP contribution in [0.25, 0.3) is 0 Å². The molecule has 1 unspecified atom stereocenters. The van der Waals surface area contributed by atoms with Crippen molar-refractivity contribution < 1.29 is 14.7 Å². The van der Waals surface area contributed by atoms with Gasteiger partial charge in [-0.2, -0.15) is 0 Å². The molecule has 2 heterocycles. The normalized spacial score (nSPS) is 19.5. The number of carbonyl (C=O) groups is 1. The van der Waals surface area contributed by atoms with Crippen LogP contribution in [0.3, 0.4) is 0 Å². The lowest BCUT2D eigenvalue weighted by Crippen LogP contribution is -2.46. The predicted octanol–water partition coefficient (Wildman–Crippen LogP) is 3.02. The fraction of sp³-hybridized carbons (Fsp3) is 0.533. The number of amides is 1. The van der Waals surface area contributed by atoms with Crippen molar-refractivity contribution in [1.29, 1.82) is 0 Å². The zero-order valence-electron chi connectivity index (χ0n) is 12.9. The molecule has 1 amide bonds. The van der Waals surface area contributed by atoms with E-state index >= 15 is 0 Å². The van der Waals surface area contributed by atoms with Gasteiger partial charge in [-0.25, -0.2) is 4.79 Å². The second-order valence-electron chi connectivity index (χ2n) is 5.13. The smallest absolute Gasteiger partial charge is 0.414 e. The minimum absolute atomic E-state index is 0.0920. The first kappa shape index (κ1) is 15.3. The number of nitrogens with zero attached hydrogens (tertiary/aromatic N) is 3. The fourth-order valence-electron chi connectivity index (χ4n) is 2.81.